The standard InChI is InChI=1S/C7H4BrN3S/c8-6-4-12-7(11-6)5-1-2-9-10-3-5/h1-4H. The molecule has 12 heavy (non-hydrogen) atoms. The third kappa shape index (κ3) is 1.51. The topological polar surface area (TPSA) is 38.7 Å². The van der Waals surface area contributed by atoms with E-state index in [1.54, 1.807) is 23.7 Å². The van der Waals surface area contributed by atoms with E-state index < -0.39 is 0 Å². The smallest absolute Gasteiger partial charge is 0.126 e. The van der Waals surface area contributed by atoms with Crippen LogP contribution < -0.4 is 0 Å². The molecule has 2 aromatic heterocycles. The number of rotatable bonds is 1. The fraction of sp³-hybridized carbons (Fsp3) is 0. The zero-order valence-electron chi connectivity index (χ0n) is 5.94. The van der Waals surface area contributed by atoms with E-state index in [0.29, 0.717) is 0 Å². The highest BCUT2D eigenvalue weighted by Crippen LogP contribution is 2.24. The number of hydrogen-bond acceptors (Lipinski definition) is 4. The fourth-order valence-electron chi connectivity index (χ4n) is 0.804. The van der Waals surface area contributed by atoms with Crippen molar-refractivity contribution in [3.8, 4) is 10.6 Å². The molecule has 0 fully saturated rings. The van der Waals surface area contributed by atoms with Crippen LogP contribution in [0.1, 0.15) is 0 Å². The first-order valence-electron chi connectivity index (χ1n) is 3.24. The summed E-state index contributed by atoms with van der Waals surface area (Å²) >= 11 is 4.87. The number of hydrogen-bond donors (Lipinski definition) is 0. The van der Waals surface area contributed by atoms with Crippen LogP contribution in [0.3, 0.4) is 0 Å². The van der Waals surface area contributed by atoms with E-state index in [4.69, 9.17) is 0 Å². The lowest BCUT2D eigenvalue weighted by atomic mass is 10.3. The molecule has 0 saturated carbocycles. The van der Waals surface area contributed by atoms with Crippen LogP contribution >= 0.6 is 27.3 Å². The molecule has 0 aliphatic rings. The first-order valence-corrected chi connectivity index (χ1v) is 4.91. The molecule has 0 atom stereocenters. The number of thiazole rings is 1. The number of aromatic nitrogens is 3. The van der Waals surface area contributed by atoms with Gasteiger partial charge in [0.25, 0.3) is 0 Å². The van der Waals surface area contributed by atoms with E-state index in [0.717, 1.165) is 15.2 Å². The van der Waals surface area contributed by atoms with Crippen molar-refractivity contribution in [2.45, 2.75) is 0 Å². The summed E-state index contributed by atoms with van der Waals surface area (Å²) < 4.78 is 0.860. The molecule has 60 valence electrons. The molecule has 0 spiro atoms. The Labute approximate surface area is 81.6 Å². The van der Waals surface area contributed by atoms with Gasteiger partial charge in [-0.25, -0.2) is 4.98 Å². The van der Waals surface area contributed by atoms with Gasteiger partial charge >= 0.3 is 0 Å². The summed E-state index contributed by atoms with van der Waals surface area (Å²) in [5.41, 5.74) is 1.00. The minimum atomic E-state index is 0.860. The van der Waals surface area contributed by atoms with Gasteiger partial charge in [-0.2, -0.15) is 10.2 Å². The summed E-state index contributed by atoms with van der Waals surface area (Å²) in [6, 6.07) is 1.89. The minimum absolute atomic E-state index is 0.860. The molecule has 0 amide bonds. The lowest BCUT2D eigenvalue weighted by molar-refractivity contribution is 1.03. The van der Waals surface area contributed by atoms with Gasteiger partial charge in [0, 0.05) is 10.9 Å². The average Bonchev–Trinajstić information content (AvgIpc) is 2.54. The third-order valence-corrected chi connectivity index (χ3v) is 2.91. The van der Waals surface area contributed by atoms with Crippen molar-refractivity contribution in [3.63, 3.8) is 0 Å². The van der Waals surface area contributed by atoms with E-state index >= 15 is 0 Å². The maximum atomic E-state index is 4.25. The molecule has 2 rings (SSSR count). The molecular weight excluding hydrogens is 238 g/mol. The minimum Gasteiger partial charge on any atom is -0.229 e. The molecule has 0 N–H and O–H groups in total. The van der Waals surface area contributed by atoms with Crippen molar-refractivity contribution in [1.29, 1.82) is 0 Å². The Bertz CT molecular complexity index is 373. The Morgan fingerprint density at radius 3 is 2.83 bits per heavy atom. The summed E-state index contributed by atoms with van der Waals surface area (Å²) in [7, 11) is 0. The van der Waals surface area contributed by atoms with E-state index in [-0.39, 0.29) is 0 Å². The van der Waals surface area contributed by atoms with Crippen LogP contribution in [0.15, 0.2) is 28.4 Å². The van der Waals surface area contributed by atoms with Gasteiger partial charge in [0.1, 0.15) is 9.61 Å². The Morgan fingerprint density at radius 1 is 1.33 bits per heavy atom. The average molecular weight is 242 g/mol. The van der Waals surface area contributed by atoms with Crippen LogP contribution in [0, 0.1) is 0 Å². The van der Waals surface area contributed by atoms with Gasteiger partial charge in [-0.15, -0.1) is 11.3 Å². The van der Waals surface area contributed by atoms with Crippen molar-refractivity contribution < 1.29 is 0 Å². The predicted molar refractivity (Wildman–Crippen MR) is 50.8 cm³/mol. The van der Waals surface area contributed by atoms with Crippen LogP contribution in [0.5, 0.6) is 0 Å². The summed E-state index contributed by atoms with van der Waals surface area (Å²) in [5.74, 6) is 0. The van der Waals surface area contributed by atoms with Gasteiger partial charge < -0.3 is 0 Å². The molecule has 0 radical (unpaired) electrons. The highest BCUT2D eigenvalue weighted by atomic mass is 79.9. The van der Waals surface area contributed by atoms with Gasteiger partial charge in [-0.3, -0.25) is 0 Å². The van der Waals surface area contributed by atoms with Crippen LogP contribution in [-0.4, -0.2) is 15.2 Å². The number of nitrogens with zero attached hydrogens (tertiary/aromatic N) is 3. The van der Waals surface area contributed by atoms with Crippen molar-refractivity contribution in [2.75, 3.05) is 0 Å². The molecule has 0 aliphatic heterocycles. The molecule has 0 aliphatic carbocycles. The highest BCUT2D eigenvalue weighted by molar-refractivity contribution is 9.10. The molecule has 2 heterocycles. The monoisotopic (exact) mass is 241 g/mol. The zero-order chi connectivity index (χ0) is 8.39. The van der Waals surface area contributed by atoms with Gasteiger partial charge in [-0.1, -0.05) is 0 Å². The summed E-state index contributed by atoms with van der Waals surface area (Å²) in [6.45, 7) is 0. The summed E-state index contributed by atoms with van der Waals surface area (Å²) in [6.07, 6.45) is 3.36. The van der Waals surface area contributed by atoms with Crippen molar-refractivity contribution >= 4 is 27.3 Å². The summed E-state index contributed by atoms with van der Waals surface area (Å²) in [5, 5.41) is 10.4. The van der Waals surface area contributed by atoms with E-state index in [2.05, 4.69) is 31.1 Å². The van der Waals surface area contributed by atoms with E-state index in [9.17, 15) is 0 Å². The normalized spacial score (nSPS) is 10.1. The SMILES string of the molecule is Brc1csc(-c2ccnnc2)n1. The van der Waals surface area contributed by atoms with Crippen LogP contribution in [-0.2, 0) is 0 Å². The van der Waals surface area contributed by atoms with Crippen molar-refractivity contribution in [2.24, 2.45) is 0 Å². The quantitative estimate of drug-likeness (QED) is 0.770. The molecule has 0 bridgehead atoms. The first kappa shape index (κ1) is 7.82. The van der Waals surface area contributed by atoms with Crippen LogP contribution in [0.25, 0.3) is 10.6 Å². The predicted octanol–water partition coefficient (Wildman–Crippen LogP) is 2.36. The van der Waals surface area contributed by atoms with Gasteiger partial charge in [0.2, 0.25) is 0 Å². The van der Waals surface area contributed by atoms with Gasteiger partial charge in [-0.05, 0) is 22.0 Å². The van der Waals surface area contributed by atoms with Crippen LogP contribution in [0.4, 0.5) is 0 Å². The Morgan fingerprint density at radius 2 is 2.25 bits per heavy atom. The lowest BCUT2D eigenvalue weighted by Crippen LogP contribution is -1.80. The molecular formula is C7H4BrN3S. The van der Waals surface area contributed by atoms with E-state index in [1.165, 1.54) is 0 Å². The first-order chi connectivity index (χ1) is 5.86. The Balaban J connectivity index is 2.45. The second-order valence-electron chi connectivity index (χ2n) is 2.11. The van der Waals surface area contributed by atoms with Gasteiger partial charge in [0.15, 0.2) is 0 Å². The molecule has 5 heteroatoms. The molecule has 0 unspecified atom stereocenters. The van der Waals surface area contributed by atoms with Crippen molar-refractivity contribution in [3.05, 3.63) is 28.4 Å². The molecule has 0 aromatic carbocycles. The molecule has 2 aromatic rings. The third-order valence-electron chi connectivity index (χ3n) is 1.31. The molecule has 0 saturated heterocycles. The number of halogens is 1. The second-order valence-corrected chi connectivity index (χ2v) is 3.78. The maximum absolute atomic E-state index is 4.25. The second kappa shape index (κ2) is 3.28. The van der Waals surface area contributed by atoms with E-state index in [1.807, 2.05) is 11.4 Å². The summed E-state index contributed by atoms with van der Waals surface area (Å²) in [4.78, 5) is 4.25. The maximum Gasteiger partial charge on any atom is 0.126 e. The Kier molecular flexibility index (Phi) is 2.14. The van der Waals surface area contributed by atoms with Crippen molar-refractivity contribution in [1.82, 2.24) is 15.2 Å². The van der Waals surface area contributed by atoms with Gasteiger partial charge in [0.05, 0.1) is 12.4 Å². The fourth-order valence-corrected chi connectivity index (χ4v) is 2.05. The Hall–Kier alpha value is -0.810. The largest absolute Gasteiger partial charge is 0.229 e. The van der Waals surface area contributed by atoms with Crippen LogP contribution in [0.2, 0.25) is 0 Å². The highest BCUT2D eigenvalue weighted by Gasteiger charge is 2.01. The zero-order valence-corrected chi connectivity index (χ0v) is 8.34. The lowest BCUT2D eigenvalue weighted by Gasteiger charge is -1.90. The molecule has 3 nitrogen and oxygen atoms in total.